The first-order chi connectivity index (χ1) is 8.81. The molecule has 0 saturated carbocycles. The Morgan fingerprint density at radius 3 is 2.28 bits per heavy atom. The molecule has 2 rings (SSSR count). The minimum absolute atomic E-state index is 0.0282. The second-order valence-corrected chi connectivity index (χ2v) is 6.56. The molecule has 0 aliphatic carbocycles. The molecular formula is C15H14IO2+. The predicted molar refractivity (Wildman–Crippen MR) is 67.2 cm³/mol. The summed E-state index contributed by atoms with van der Waals surface area (Å²) in [5.74, 6) is 0.901. The molecule has 0 unspecified atom stereocenters. The molecule has 0 aromatic heterocycles. The normalized spacial score (nSPS) is 10.1. The predicted octanol–water partition coefficient (Wildman–Crippen LogP) is -0.0335. The molecule has 92 valence electrons. The molecule has 0 aliphatic rings. The molecule has 0 aliphatic heterocycles. The summed E-state index contributed by atoms with van der Waals surface area (Å²) in [4.78, 5) is 10.6. The summed E-state index contributed by atoms with van der Waals surface area (Å²) >= 11 is -0.0282. The summed E-state index contributed by atoms with van der Waals surface area (Å²) in [6.45, 7) is 0. The van der Waals surface area contributed by atoms with Gasteiger partial charge in [-0.05, 0) is 24.3 Å². The van der Waals surface area contributed by atoms with Crippen molar-refractivity contribution < 1.29 is 30.7 Å². The van der Waals surface area contributed by atoms with Gasteiger partial charge in [0.2, 0.25) is 0 Å². The van der Waals surface area contributed by atoms with E-state index in [1.807, 2.05) is 36.4 Å². The van der Waals surface area contributed by atoms with Crippen LogP contribution in [0.25, 0.3) is 0 Å². The summed E-state index contributed by atoms with van der Waals surface area (Å²) in [6.07, 6.45) is 0.877. The van der Waals surface area contributed by atoms with Crippen LogP contribution in [0.1, 0.15) is 15.9 Å². The van der Waals surface area contributed by atoms with E-state index in [4.69, 9.17) is 4.74 Å². The van der Waals surface area contributed by atoms with Gasteiger partial charge in [-0.1, -0.05) is 24.3 Å². The topological polar surface area (TPSA) is 26.3 Å². The van der Waals surface area contributed by atoms with Crippen molar-refractivity contribution >= 4 is 6.29 Å². The Bertz CT molecular complexity index is 503. The average molecular weight is 353 g/mol. The SMILES string of the molecule is COc1ccc([I+]Cc2ccc(C=O)cc2)cc1. The Hall–Kier alpha value is -1.36. The first-order valence-electron chi connectivity index (χ1n) is 5.59. The van der Waals surface area contributed by atoms with Crippen molar-refractivity contribution in [3.8, 4) is 5.75 Å². The Kier molecular flexibility index (Phi) is 4.75. The molecule has 0 bridgehead atoms. The van der Waals surface area contributed by atoms with Gasteiger partial charge in [0.05, 0.1) is 7.11 Å². The third-order valence-corrected chi connectivity index (χ3v) is 5.40. The van der Waals surface area contributed by atoms with Crippen LogP contribution in [0, 0.1) is 3.57 Å². The molecule has 0 atom stereocenters. The highest BCUT2D eigenvalue weighted by Crippen LogP contribution is 2.06. The van der Waals surface area contributed by atoms with Crippen LogP contribution >= 0.6 is 0 Å². The van der Waals surface area contributed by atoms with Crippen LogP contribution < -0.4 is 25.9 Å². The average Bonchev–Trinajstić information content (AvgIpc) is 2.46. The van der Waals surface area contributed by atoms with Crippen molar-refractivity contribution in [3.63, 3.8) is 0 Å². The van der Waals surface area contributed by atoms with Gasteiger partial charge in [0.1, 0.15) is 12.0 Å². The summed E-state index contributed by atoms with van der Waals surface area (Å²) in [7, 11) is 1.68. The quantitative estimate of drug-likeness (QED) is 0.429. The lowest BCUT2D eigenvalue weighted by molar-refractivity contribution is -0.643. The molecule has 0 saturated heterocycles. The van der Waals surface area contributed by atoms with Crippen LogP contribution in [0.5, 0.6) is 5.75 Å². The van der Waals surface area contributed by atoms with Crippen molar-refractivity contribution in [2.75, 3.05) is 7.11 Å². The third-order valence-electron chi connectivity index (χ3n) is 2.54. The Labute approximate surface area is 117 Å². The van der Waals surface area contributed by atoms with E-state index >= 15 is 0 Å². The Morgan fingerprint density at radius 1 is 1.06 bits per heavy atom. The summed E-state index contributed by atoms with van der Waals surface area (Å²) in [5.41, 5.74) is 2.03. The van der Waals surface area contributed by atoms with Crippen molar-refractivity contribution in [2.45, 2.75) is 4.43 Å². The van der Waals surface area contributed by atoms with Crippen LogP contribution in [0.4, 0.5) is 0 Å². The molecule has 18 heavy (non-hydrogen) atoms. The fraction of sp³-hybridized carbons (Fsp3) is 0.133. The molecule has 0 N–H and O–H groups in total. The van der Waals surface area contributed by atoms with Crippen molar-refractivity contribution in [2.24, 2.45) is 0 Å². The number of carbonyl (C=O) groups is 1. The van der Waals surface area contributed by atoms with E-state index in [1.165, 1.54) is 9.13 Å². The van der Waals surface area contributed by atoms with Gasteiger partial charge in [-0.25, -0.2) is 0 Å². The number of carbonyl (C=O) groups excluding carboxylic acids is 1. The van der Waals surface area contributed by atoms with E-state index in [9.17, 15) is 4.79 Å². The van der Waals surface area contributed by atoms with Crippen molar-refractivity contribution in [1.82, 2.24) is 0 Å². The lowest BCUT2D eigenvalue weighted by Gasteiger charge is -1.96. The number of benzene rings is 2. The maximum atomic E-state index is 10.6. The molecular weight excluding hydrogens is 339 g/mol. The molecule has 0 fully saturated rings. The van der Waals surface area contributed by atoms with Gasteiger partial charge < -0.3 is 4.74 Å². The first kappa shape index (κ1) is 13.1. The summed E-state index contributed by atoms with van der Waals surface area (Å²) < 4.78 is 7.62. The molecule has 2 aromatic carbocycles. The maximum absolute atomic E-state index is 10.6. The monoisotopic (exact) mass is 353 g/mol. The minimum Gasteiger partial charge on any atom is -0.497 e. The fourth-order valence-electron chi connectivity index (χ4n) is 1.50. The number of hydrogen-bond donors (Lipinski definition) is 0. The van der Waals surface area contributed by atoms with E-state index in [0.717, 1.165) is 22.0 Å². The number of methoxy groups -OCH3 is 1. The number of aldehydes is 1. The smallest absolute Gasteiger partial charge is 0.318 e. The second kappa shape index (κ2) is 6.54. The largest absolute Gasteiger partial charge is 0.497 e. The lowest BCUT2D eigenvalue weighted by atomic mass is 10.2. The second-order valence-electron chi connectivity index (χ2n) is 3.78. The van der Waals surface area contributed by atoms with Crippen LogP contribution in [-0.2, 0) is 4.43 Å². The summed E-state index contributed by atoms with van der Waals surface area (Å²) in [5, 5.41) is 0. The fourth-order valence-corrected chi connectivity index (χ4v) is 3.76. The van der Waals surface area contributed by atoms with Crippen LogP contribution in [0.15, 0.2) is 48.5 Å². The number of hydrogen-bond acceptors (Lipinski definition) is 2. The first-order valence-corrected chi connectivity index (χ1v) is 8.19. The lowest BCUT2D eigenvalue weighted by Crippen LogP contribution is -3.61. The molecule has 2 aromatic rings. The summed E-state index contributed by atoms with van der Waals surface area (Å²) in [6, 6.07) is 16.1. The zero-order chi connectivity index (χ0) is 12.8. The molecule has 2 nitrogen and oxygen atoms in total. The zero-order valence-electron chi connectivity index (χ0n) is 10.1. The van der Waals surface area contributed by atoms with Gasteiger partial charge in [-0.15, -0.1) is 0 Å². The number of rotatable bonds is 5. The maximum Gasteiger partial charge on any atom is 0.318 e. The van der Waals surface area contributed by atoms with Crippen LogP contribution in [0.3, 0.4) is 0 Å². The molecule has 0 spiro atoms. The van der Waals surface area contributed by atoms with Crippen molar-refractivity contribution in [1.29, 1.82) is 0 Å². The molecule has 0 amide bonds. The van der Waals surface area contributed by atoms with E-state index in [1.54, 1.807) is 7.11 Å². The number of halogens is 1. The van der Waals surface area contributed by atoms with Gasteiger partial charge in [0.25, 0.3) is 0 Å². The van der Waals surface area contributed by atoms with E-state index < -0.39 is 0 Å². The molecule has 0 heterocycles. The number of ether oxygens (including phenoxy) is 1. The van der Waals surface area contributed by atoms with E-state index in [2.05, 4.69) is 12.1 Å². The van der Waals surface area contributed by atoms with Crippen LogP contribution in [-0.4, -0.2) is 13.4 Å². The zero-order valence-corrected chi connectivity index (χ0v) is 12.3. The highest BCUT2D eigenvalue weighted by molar-refractivity contribution is 5.74. The molecule has 3 heteroatoms. The van der Waals surface area contributed by atoms with Gasteiger partial charge in [0.15, 0.2) is 8.00 Å². The third kappa shape index (κ3) is 3.57. The van der Waals surface area contributed by atoms with Gasteiger partial charge in [0, 0.05) is 11.1 Å². The highest BCUT2D eigenvalue weighted by atomic mass is 127. The van der Waals surface area contributed by atoms with Gasteiger partial charge in [-0.3, -0.25) is 4.79 Å². The van der Waals surface area contributed by atoms with E-state index in [-0.39, 0.29) is 21.2 Å². The highest BCUT2D eigenvalue weighted by Gasteiger charge is 2.12. The van der Waals surface area contributed by atoms with Gasteiger partial charge in [-0.2, -0.15) is 0 Å². The van der Waals surface area contributed by atoms with E-state index in [0.29, 0.717) is 0 Å². The molecule has 0 radical (unpaired) electrons. The van der Waals surface area contributed by atoms with Crippen molar-refractivity contribution in [3.05, 3.63) is 63.2 Å². The number of alkyl halides is 1. The Balaban J connectivity index is 1.95. The van der Waals surface area contributed by atoms with Crippen LogP contribution in [0.2, 0.25) is 0 Å². The van der Waals surface area contributed by atoms with Gasteiger partial charge >= 0.3 is 21.2 Å². The Morgan fingerprint density at radius 2 is 1.72 bits per heavy atom. The minimum atomic E-state index is -0.0282. The standard InChI is InChI=1S/C15H14IO2/c1-18-15-8-6-14(7-9-15)16-10-12-2-4-13(11-17)5-3-12/h2-9,11H,10H2,1H3/q+1.